The van der Waals surface area contributed by atoms with Crippen LogP contribution in [0.1, 0.15) is 0 Å². The highest BCUT2D eigenvalue weighted by Gasteiger charge is 2.27. The Kier molecular flexibility index (Phi) is 4.59. The van der Waals surface area contributed by atoms with Crippen LogP contribution in [-0.2, 0) is 9.59 Å². The molecule has 4 rings (SSSR count). The first-order valence-corrected chi connectivity index (χ1v) is 9.01. The number of nitrogens with one attached hydrogen (secondary N) is 1. The molecular weight excluding hydrogens is 371 g/mol. The van der Waals surface area contributed by atoms with E-state index in [0.717, 1.165) is 11.8 Å². The van der Waals surface area contributed by atoms with Gasteiger partial charge in [0, 0.05) is 0 Å². The van der Waals surface area contributed by atoms with Gasteiger partial charge in [-0.3, -0.25) is 9.59 Å². The first kappa shape index (κ1) is 17.2. The standard InChI is InChI=1S/C18H13FN4O3S/c19-12-6-2-1-5-11(12)17-21-22-18(26-17)27-10-16(25)23-9-15(24)20-13-7-3-4-8-14(13)23/h1-8H,9-10H2,(H,20,24). The van der Waals surface area contributed by atoms with Crippen LogP contribution in [0.5, 0.6) is 0 Å². The molecule has 0 fully saturated rings. The number of carbonyl (C=O) groups excluding carboxylic acids is 2. The van der Waals surface area contributed by atoms with Gasteiger partial charge in [0.15, 0.2) is 0 Å². The van der Waals surface area contributed by atoms with E-state index < -0.39 is 5.82 Å². The molecular formula is C18H13FN4O3S. The number of nitrogens with zero attached hydrogens (tertiary/aromatic N) is 3. The normalized spacial score (nSPS) is 13.2. The third-order valence-electron chi connectivity index (χ3n) is 3.90. The van der Waals surface area contributed by atoms with E-state index in [0.29, 0.717) is 11.4 Å². The number of benzene rings is 2. The summed E-state index contributed by atoms with van der Waals surface area (Å²) in [5.41, 5.74) is 1.43. The number of fused-ring (bicyclic) bond motifs is 1. The third-order valence-corrected chi connectivity index (χ3v) is 4.70. The predicted molar refractivity (Wildman–Crippen MR) is 97.8 cm³/mol. The van der Waals surface area contributed by atoms with Crippen molar-refractivity contribution in [2.45, 2.75) is 5.22 Å². The van der Waals surface area contributed by atoms with Crippen LogP contribution in [0.15, 0.2) is 58.2 Å². The lowest BCUT2D eigenvalue weighted by atomic mass is 10.2. The molecule has 0 bridgehead atoms. The topological polar surface area (TPSA) is 88.3 Å². The van der Waals surface area contributed by atoms with Crippen LogP contribution in [0.3, 0.4) is 0 Å². The van der Waals surface area contributed by atoms with E-state index in [9.17, 15) is 14.0 Å². The fourth-order valence-corrected chi connectivity index (χ4v) is 3.31. The fraction of sp³-hybridized carbons (Fsp3) is 0.111. The van der Waals surface area contributed by atoms with Crippen molar-refractivity contribution < 1.29 is 18.4 Å². The Morgan fingerprint density at radius 2 is 1.96 bits per heavy atom. The number of halogens is 1. The van der Waals surface area contributed by atoms with Crippen molar-refractivity contribution in [1.82, 2.24) is 10.2 Å². The Morgan fingerprint density at radius 1 is 1.19 bits per heavy atom. The summed E-state index contributed by atoms with van der Waals surface area (Å²) in [4.78, 5) is 25.8. The van der Waals surface area contributed by atoms with Gasteiger partial charge in [-0.05, 0) is 24.3 Å². The van der Waals surface area contributed by atoms with Crippen molar-refractivity contribution in [2.24, 2.45) is 0 Å². The second kappa shape index (κ2) is 7.20. The van der Waals surface area contributed by atoms with Crippen LogP contribution in [0.4, 0.5) is 15.8 Å². The second-order valence-electron chi connectivity index (χ2n) is 5.69. The number of thioether (sulfide) groups is 1. The summed E-state index contributed by atoms with van der Waals surface area (Å²) in [7, 11) is 0. The summed E-state index contributed by atoms with van der Waals surface area (Å²) < 4.78 is 19.2. The maximum absolute atomic E-state index is 13.8. The van der Waals surface area contributed by atoms with Gasteiger partial charge in [0.25, 0.3) is 11.1 Å². The fourth-order valence-electron chi connectivity index (χ4n) is 2.67. The molecule has 3 aromatic rings. The third kappa shape index (κ3) is 3.54. The molecule has 1 N–H and O–H groups in total. The van der Waals surface area contributed by atoms with Crippen LogP contribution < -0.4 is 10.2 Å². The van der Waals surface area contributed by atoms with Gasteiger partial charge in [-0.1, -0.05) is 36.0 Å². The van der Waals surface area contributed by atoms with Crippen molar-refractivity contribution in [3.05, 3.63) is 54.3 Å². The van der Waals surface area contributed by atoms with Crippen LogP contribution >= 0.6 is 11.8 Å². The number of para-hydroxylation sites is 2. The quantitative estimate of drug-likeness (QED) is 0.696. The van der Waals surface area contributed by atoms with Gasteiger partial charge in [0.2, 0.25) is 11.8 Å². The number of amides is 2. The Bertz CT molecular complexity index is 1020. The maximum atomic E-state index is 13.8. The molecule has 27 heavy (non-hydrogen) atoms. The zero-order chi connectivity index (χ0) is 18.8. The predicted octanol–water partition coefficient (Wildman–Crippen LogP) is 2.95. The monoisotopic (exact) mass is 384 g/mol. The molecule has 0 saturated carbocycles. The Balaban J connectivity index is 1.46. The molecule has 1 aliphatic rings. The number of aromatic nitrogens is 2. The lowest BCUT2D eigenvalue weighted by Gasteiger charge is -2.28. The van der Waals surface area contributed by atoms with E-state index in [1.54, 1.807) is 36.4 Å². The molecule has 0 aliphatic carbocycles. The average Bonchev–Trinajstić information content (AvgIpc) is 3.14. The minimum absolute atomic E-state index is 0.000515. The van der Waals surface area contributed by atoms with Gasteiger partial charge >= 0.3 is 0 Å². The molecule has 136 valence electrons. The van der Waals surface area contributed by atoms with Gasteiger partial charge in [-0.2, -0.15) is 0 Å². The van der Waals surface area contributed by atoms with Gasteiger partial charge in [-0.25, -0.2) is 4.39 Å². The van der Waals surface area contributed by atoms with E-state index >= 15 is 0 Å². The average molecular weight is 384 g/mol. The molecule has 1 aromatic heterocycles. The molecule has 0 spiro atoms. The van der Waals surface area contributed by atoms with Crippen molar-refractivity contribution in [3.63, 3.8) is 0 Å². The number of hydrogen-bond donors (Lipinski definition) is 1. The minimum Gasteiger partial charge on any atom is -0.411 e. The number of hydrogen-bond acceptors (Lipinski definition) is 6. The van der Waals surface area contributed by atoms with Crippen LogP contribution in [-0.4, -0.2) is 34.3 Å². The molecule has 0 unspecified atom stereocenters. The number of carbonyl (C=O) groups is 2. The highest BCUT2D eigenvalue weighted by molar-refractivity contribution is 7.99. The van der Waals surface area contributed by atoms with Crippen molar-refractivity contribution in [1.29, 1.82) is 0 Å². The second-order valence-corrected chi connectivity index (χ2v) is 6.61. The highest BCUT2D eigenvalue weighted by atomic mass is 32.2. The summed E-state index contributed by atoms with van der Waals surface area (Å²) in [6, 6.07) is 13.1. The molecule has 2 heterocycles. The van der Waals surface area contributed by atoms with E-state index in [2.05, 4.69) is 15.5 Å². The van der Waals surface area contributed by atoms with Crippen LogP contribution in [0.25, 0.3) is 11.5 Å². The number of rotatable bonds is 4. The molecule has 2 aromatic carbocycles. The van der Waals surface area contributed by atoms with E-state index in [4.69, 9.17) is 4.42 Å². The molecule has 2 amide bonds. The van der Waals surface area contributed by atoms with E-state index in [1.807, 2.05) is 0 Å². The van der Waals surface area contributed by atoms with Crippen LogP contribution in [0, 0.1) is 5.82 Å². The van der Waals surface area contributed by atoms with Gasteiger partial charge in [0.1, 0.15) is 12.4 Å². The summed E-state index contributed by atoms with van der Waals surface area (Å²) in [5.74, 6) is -0.948. The molecule has 9 heteroatoms. The smallest absolute Gasteiger partial charge is 0.277 e. The summed E-state index contributed by atoms with van der Waals surface area (Å²) in [6.45, 7) is -0.0548. The summed E-state index contributed by atoms with van der Waals surface area (Å²) in [6.07, 6.45) is 0. The number of anilines is 2. The summed E-state index contributed by atoms with van der Waals surface area (Å²) in [5, 5.41) is 10.5. The SMILES string of the molecule is O=C1CN(C(=O)CSc2nnc(-c3ccccc3F)o2)c2ccccc2N1. The molecule has 1 aliphatic heterocycles. The molecule has 0 saturated heterocycles. The zero-order valence-corrected chi connectivity index (χ0v) is 14.7. The van der Waals surface area contributed by atoms with Crippen molar-refractivity contribution >= 4 is 35.0 Å². The molecule has 7 nitrogen and oxygen atoms in total. The van der Waals surface area contributed by atoms with Crippen LogP contribution in [0.2, 0.25) is 0 Å². The van der Waals surface area contributed by atoms with Gasteiger partial charge < -0.3 is 14.6 Å². The minimum atomic E-state index is -0.468. The highest BCUT2D eigenvalue weighted by Crippen LogP contribution is 2.30. The lowest BCUT2D eigenvalue weighted by Crippen LogP contribution is -2.43. The van der Waals surface area contributed by atoms with E-state index in [1.165, 1.54) is 17.0 Å². The Hall–Kier alpha value is -3.20. The van der Waals surface area contributed by atoms with Gasteiger partial charge in [0.05, 0.1) is 22.7 Å². The summed E-state index contributed by atoms with van der Waals surface area (Å²) >= 11 is 1.03. The first-order valence-electron chi connectivity index (χ1n) is 8.02. The van der Waals surface area contributed by atoms with Gasteiger partial charge in [-0.15, -0.1) is 10.2 Å². The van der Waals surface area contributed by atoms with Crippen molar-refractivity contribution in [2.75, 3.05) is 22.5 Å². The maximum Gasteiger partial charge on any atom is 0.277 e. The largest absolute Gasteiger partial charge is 0.411 e. The Morgan fingerprint density at radius 3 is 2.81 bits per heavy atom. The molecule has 0 atom stereocenters. The Labute approximate surface area is 157 Å². The van der Waals surface area contributed by atoms with E-state index in [-0.39, 0.29) is 40.8 Å². The first-order chi connectivity index (χ1) is 13.1. The lowest BCUT2D eigenvalue weighted by molar-refractivity contribution is -0.120. The van der Waals surface area contributed by atoms with Crippen molar-refractivity contribution in [3.8, 4) is 11.5 Å². The zero-order valence-electron chi connectivity index (χ0n) is 13.9. The molecule has 0 radical (unpaired) electrons.